The highest BCUT2D eigenvalue weighted by atomic mass is 16.5. The topological polar surface area (TPSA) is 95.9 Å². The van der Waals surface area contributed by atoms with Gasteiger partial charge >= 0.3 is 5.97 Å². The number of rotatable bonds is 67. The first-order valence-corrected chi connectivity index (χ1v) is 35.6. The van der Waals surface area contributed by atoms with E-state index in [4.69, 9.17) is 4.74 Å². The maximum atomic E-state index is 12.6. The minimum absolute atomic E-state index is 0.00225. The van der Waals surface area contributed by atoms with Crippen LogP contribution in [0.3, 0.4) is 0 Å². The Bertz CT molecular complexity index is 1220. The lowest BCUT2D eigenvalue weighted by atomic mass is 10.0. The van der Waals surface area contributed by atoms with Crippen molar-refractivity contribution in [2.24, 2.45) is 0 Å². The first kappa shape index (κ1) is 76.3. The van der Waals surface area contributed by atoms with E-state index in [1.165, 1.54) is 321 Å². The van der Waals surface area contributed by atoms with Crippen LogP contribution in [0.25, 0.3) is 0 Å². The molecule has 0 aromatic rings. The molecule has 0 saturated heterocycles. The Morgan fingerprint density at radius 1 is 0.346 bits per heavy atom. The lowest BCUT2D eigenvalue weighted by molar-refractivity contribution is -0.143. The second-order valence-corrected chi connectivity index (χ2v) is 24.6. The molecule has 6 heteroatoms. The van der Waals surface area contributed by atoms with Gasteiger partial charge in [-0.3, -0.25) is 9.59 Å². The number of hydrogen-bond acceptors (Lipinski definition) is 5. The zero-order chi connectivity index (χ0) is 56.4. The zero-order valence-corrected chi connectivity index (χ0v) is 52.9. The van der Waals surface area contributed by atoms with Crippen LogP contribution >= 0.6 is 0 Å². The smallest absolute Gasteiger partial charge is 0.305 e. The Balaban J connectivity index is 3.42. The van der Waals surface area contributed by atoms with Gasteiger partial charge in [-0.25, -0.2) is 0 Å². The molecule has 2 unspecified atom stereocenters. The number of hydrogen-bond donors (Lipinski definition) is 3. The van der Waals surface area contributed by atoms with Crippen molar-refractivity contribution < 1.29 is 24.5 Å². The van der Waals surface area contributed by atoms with Gasteiger partial charge in [0.2, 0.25) is 5.91 Å². The van der Waals surface area contributed by atoms with Crippen LogP contribution in [0.1, 0.15) is 399 Å². The lowest BCUT2D eigenvalue weighted by Gasteiger charge is -2.22. The molecule has 0 rings (SSSR count). The summed E-state index contributed by atoms with van der Waals surface area (Å²) in [5, 5.41) is 23.4. The molecule has 0 saturated carbocycles. The molecule has 0 heterocycles. The van der Waals surface area contributed by atoms with E-state index in [9.17, 15) is 19.8 Å². The summed E-state index contributed by atoms with van der Waals surface area (Å²) in [7, 11) is 0. The molecule has 78 heavy (non-hydrogen) atoms. The van der Waals surface area contributed by atoms with Crippen LogP contribution < -0.4 is 5.32 Å². The van der Waals surface area contributed by atoms with Crippen molar-refractivity contribution in [3.05, 3.63) is 24.3 Å². The third-order valence-electron chi connectivity index (χ3n) is 16.7. The molecule has 1 amide bonds. The summed E-state index contributed by atoms with van der Waals surface area (Å²) in [6, 6.07) is -0.550. The molecule has 0 aromatic carbocycles. The molecule has 6 nitrogen and oxygen atoms in total. The number of esters is 1. The minimum atomic E-state index is -0.672. The van der Waals surface area contributed by atoms with E-state index in [1.807, 2.05) is 0 Å². The van der Waals surface area contributed by atoms with E-state index in [0.29, 0.717) is 25.9 Å². The van der Waals surface area contributed by atoms with Gasteiger partial charge in [-0.1, -0.05) is 334 Å². The highest BCUT2D eigenvalue weighted by Crippen LogP contribution is 2.19. The number of carbonyl (C=O) groups is 2. The molecule has 0 radical (unpaired) electrons. The first-order valence-electron chi connectivity index (χ1n) is 35.6. The Labute approximate surface area is 488 Å². The van der Waals surface area contributed by atoms with Crippen LogP contribution in [-0.2, 0) is 14.3 Å². The Morgan fingerprint density at radius 2 is 0.603 bits per heavy atom. The zero-order valence-electron chi connectivity index (χ0n) is 52.9. The van der Waals surface area contributed by atoms with Crippen LogP contribution in [0, 0.1) is 0 Å². The van der Waals surface area contributed by atoms with Gasteiger partial charge in [0, 0.05) is 12.8 Å². The fourth-order valence-corrected chi connectivity index (χ4v) is 11.3. The van der Waals surface area contributed by atoms with Gasteiger partial charge in [0.25, 0.3) is 0 Å². The summed E-state index contributed by atoms with van der Waals surface area (Å²) in [5.41, 5.74) is 0. The molecule has 0 aromatic heterocycles. The number of allylic oxidation sites excluding steroid dienone is 4. The molecule has 0 bridgehead atoms. The number of aliphatic hydroxyl groups is 2. The molecule has 0 aliphatic carbocycles. The number of nitrogens with one attached hydrogen (secondary N) is 1. The molecular formula is C72H139NO5. The molecule has 2 atom stereocenters. The molecule has 0 aliphatic heterocycles. The summed E-state index contributed by atoms with van der Waals surface area (Å²) in [6.45, 7) is 4.98. The predicted molar refractivity (Wildman–Crippen MR) is 343 cm³/mol. The van der Waals surface area contributed by atoms with Crippen LogP contribution in [0.4, 0.5) is 0 Å². The summed E-state index contributed by atoms with van der Waals surface area (Å²) < 4.78 is 5.50. The minimum Gasteiger partial charge on any atom is -0.466 e. The molecule has 0 aliphatic rings. The van der Waals surface area contributed by atoms with Crippen molar-refractivity contribution in [1.82, 2.24) is 5.32 Å². The third kappa shape index (κ3) is 63.5. The van der Waals surface area contributed by atoms with Gasteiger partial charge in [-0.15, -0.1) is 0 Å². The maximum absolute atomic E-state index is 12.6. The fourth-order valence-electron chi connectivity index (χ4n) is 11.3. The predicted octanol–water partition coefficient (Wildman–Crippen LogP) is 22.9. The SMILES string of the molecule is CCCCCCCCC/C=C\CCCCCCCCCC(=O)OCCCCCCCCCC/C=C\CCCCCCCCCC(=O)NC(CO)C(O)CCCCCCCCCCCCCCCCCCCCCCCCCC. The normalized spacial score (nSPS) is 12.6. The number of ether oxygens (including phenoxy) is 1. The first-order chi connectivity index (χ1) is 38.5. The summed E-state index contributed by atoms with van der Waals surface area (Å²) in [5.74, 6) is -0.0378. The Hall–Kier alpha value is -1.66. The summed E-state index contributed by atoms with van der Waals surface area (Å²) in [4.78, 5) is 24.7. The Morgan fingerprint density at radius 3 is 0.910 bits per heavy atom. The summed E-state index contributed by atoms with van der Waals surface area (Å²) in [6.07, 6.45) is 85.0. The van der Waals surface area contributed by atoms with Gasteiger partial charge < -0.3 is 20.3 Å². The highest BCUT2D eigenvalue weighted by Gasteiger charge is 2.20. The van der Waals surface area contributed by atoms with Gasteiger partial charge in [0.15, 0.2) is 0 Å². The van der Waals surface area contributed by atoms with Crippen molar-refractivity contribution in [3.63, 3.8) is 0 Å². The molecule has 462 valence electrons. The number of aliphatic hydroxyl groups excluding tert-OH is 2. The molecule has 3 N–H and O–H groups in total. The van der Waals surface area contributed by atoms with E-state index in [-0.39, 0.29) is 18.5 Å². The summed E-state index contributed by atoms with van der Waals surface area (Å²) >= 11 is 0. The number of unbranched alkanes of at least 4 members (excludes halogenated alkanes) is 52. The van der Waals surface area contributed by atoms with Crippen LogP contribution in [0.2, 0.25) is 0 Å². The van der Waals surface area contributed by atoms with Crippen LogP contribution in [-0.4, -0.2) is 47.4 Å². The van der Waals surface area contributed by atoms with E-state index in [2.05, 4.69) is 43.5 Å². The maximum Gasteiger partial charge on any atom is 0.305 e. The number of carbonyl (C=O) groups excluding carboxylic acids is 2. The van der Waals surface area contributed by atoms with E-state index in [1.54, 1.807) is 0 Å². The standard InChI is InChI=1S/C72H139NO5/c1-3-5-7-9-11-13-15-17-19-21-23-24-25-26-27-29-32-36-40-44-48-52-56-60-64-70(75)69(68-74)73-71(76)65-61-57-53-49-45-41-37-33-30-28-31-35-39-43-47-51-55-59-63-67-78-72(77)66-62-58-54-50-46-42-38-34-22-20-18-16-14-12-10-8-6-4-2/h20,22,28,30,69-70,74-75H,3-19,21,23-27,29,31-68H2,1-2H3,(H,73,76)/b22-20-,30-28-. The van der Waals surface area contributed by atoms with Crippen molar-refractivity contribution in [3.8, 4) is 0 Å². The van der Waals surface area contributed by atoms with Crippen LogP contribution in [0.15, 0.2) is 24.3 Å². The average molecular weight is 1100 g/mol. The highest BCUT2D eigenvalue weighted by molar-refractivity contribution is 5.76. The van der Waals surface area contributed by atoms with Crippen molar-refractivity contribution in [2.45, 2.75) is 411 Å². The van der Waals surface area contributed by atoms with E-state index in [0.717, 1.165) is 44.9 Å². The fraction of sp³-hybridized carbons (Fsp3) is 0.917. The van der Waals surface area contributed by atoms with Gasteiger partial charge in [0.05, 0.1) is 25.4 Å². The van der Waals surface area contributed by atoms with Gasteiger partial charge in [-0.2, -0.15) is 0 Å². The van der Waals surface area contributed by atoms with Gasteiger partial charge in [-0.05, 0) is 77.0 Å². The van der Waals surface area contributed by atoms with Crippen molar-refractivity contribution in [1.29, 1.82) is 0 Å². The second kappa shape index (κ2) is 67.8. The van der Waals surface area contributed by atoms with Crippen molar-refractivity contribution in [2.75, 3.05) is 13.2 Å². The van der Waals surface area contributed by atoms with Gasteiger partial charge in [0.1, 0.15) is 0 Å². The lowest BCUT2D eigenvalue weighted by Crippen LogP contribution is -2.45. The quantitative estimate of drug-likeness (QED) is 0.0320. The third-order valence-corrected chi connectivity index (χ3v) is 16.7. The van der Waals surface area contributed by atoms with E-state index < -0.39 is 12.1 Å². The number of amides is 1. The molecular weight excluding hydrogens is 959 g/mol. The average Bonchev–Trinajstić information content (AvgIpc) is 3.44. The second-order valence-electron chi connectivity index (χ2n) is 24.6. The molecule has 0 spiro atoms. The largest absolute Gasteiger partial charge is 0.466 e. The van der Waals surface area contributed by atoms with E-state index >= 15 is 0 Å². The van der Waals surface area contributed by atoms with Crippen molar-refractivity contribution >= 4 is 11.9 Å². The van der Waals surface area contributed by atoms with Crippen LogP contribution in [0.5, 0.6) is 0 Å². The molecule has 0 fully saturated rings. The Kier molecular flexibility index (Phi) is 66.4. The monoisotopic (exact) mass is 1100 g/mol.